The predicted molar refractivity (Wildman–Crippen MR) is 123 cm³/mol. The second-order valence-electron chi connectivity index (χ2n) is 9.02. The molecule has 1 amide bonds. The molecule has 0 saturated carbocycles. The van der Waals surface area contributed by atoms with E-state index in [1.54, 1.807) is 24.3 Å². The van der Waals surface area contributed by atoms with E-state index in [-0.39, 0.29) is 28.3 Å². The number of nitrogens with zero attached hydrogens (tertiary/aromatic N) is 2. The van der Waals surface area contributed by atoms with Crippen LogP contribution in [-0.4, -0.2) is 21.8 Å². The third kappa shape index (κ3) is 4.18. The van der Waals surface area contributed by atoms with Crippen molar-refractivity contribution in [3.8, 4) is 11.8 Å². The molecule has 8 heteroatoms. The molecular weight excluding hydrogens is 440 g/mol. The summed E-state index contributed by atoms with van der Waals surface area (Å²) in [6.45, 7) is 3.96. The van der Waals surface area contributed by atoms with Crippen molar-refractivity contribution < 1.29 is 14.7 Å². The molecule has 0 spiro atoms. The van der Waals surface area contributed by atoms with Gasteiger partial charge in [-0.15, -0.1) is 0 Å². The topological polar surface area (TPSA) is 119 Å². The number of rotatable bonds is 3. The fourth-order valence-electron chi connectivity index (χ4n) is 4.40. The summed E-state index contributed by atoms with van der Waals surface area (Å²) in [5, 5.41) is 21.4. The van der Waals surface area contributed by atoms with Crippen molar-refractivity contribution in [1.29, 1.82) is 5.26 Å². The summed E-state index contributed by atoms with van der Waals surface area (Å²) in [7, 11) is 0. The number of phenolic OH excluding ortho intramolecular Hbond substituents is 1. The number of hydrogen-bond donors (Lipinski definition) is 3. The van der Waals surface area contributed by atoms with Crippen molar-refractivity contribution in [2.45, 2.75) is 32.6 Å². The van der Waals surface area contributed by atoms with E-state index < -0.39 is 11.8 Å². The first-order valence-corrected chi connectivity index (χ1v) is 10.8. The summed E-state index contributed by atoms with van der Waals surface area (Å²) in [5.74, 6) is -1.12. The zero-order chi connectivity index (χ0) is 23.9. The monoisotopic (exact) mass is 462 g/mol. The Bertz CT molecular complexity index is 1240. The Hall–Kier alpha value is -3.76. The molecule has 0 saturated heterocycles. The van der Waals surface area contributed by atoms with Gasteiger partial charge in [-0.25, -0.2) is 5.01 Å². The Kier molecular flexibility index (Phi) is 5.64. The Labute approximate surface area is 196 Å². The molecule has 4 rings (SSSR count). The largest absolute Gasteiger partial charge is 0.508 e. The van der Waals surface area contributed by atoms with Gasteiger partial charge in [0.05, 0.1) is 23.3 Å². The zero-order valence-electron chi connectivity index (χ0n) is 18.2. The van der Waals surface area contributed by atoms with Crippen LogP contribution in [0.25, 0.3) is 0 Å². The molecule has 2 aromatic rings. The van der Waals surface area contributed by atoms with E-state index >= 15 is 0 Å². The van der Waals surface area contributed by atoms with Crippen LogP contribution in [-0.2, 0) is 4.79 Å². The number of allylic oxidation sites excluding steroid dienone is 3. The first-order chi connectivity index (χ1) is 15.6. The number of Topliss-reactive ketones (excluding diaryl/α,β-unsaturated/α-hetero) is 1. The highest BCUT2D eigenvalue weighted by molar-refractivity contribution is 6.30. The van der Waals surface area contributed by atoms with E-state index in [0.29, 0.717) is 34.7 Å². The van der Waals surface area contributed by atoms with Crippen molar-refractivity contribution in [3.63, 3.8) is 0 Å². The van der Waals surface area contributed by atoms with Crippen LogP contribution in [0.1, 0.15) is 48.5 Å². The third-order valence-electron chi connectivity index (χ3n) is 5.93. The molecule has 1 unspecified atom stereocenters. The number of nitrogens with one attached hydrogen (secondary N) is 1. The van der Waals surface area contributed by atoms with Crippen LogP contribution in [0.4, 0.5) is 0 Å². The van der Waals surface area contributed by atoms with Crippen LogP contribution >= 0.6 is 11.6 Å². The molecule has 1 aliphatic heterocycles. The minimum atomic E-state index is -0.646. The average Bonchev–Trinajstić information content (AvgIpc) is 2.75. The maximum absolute atomic E-state index is 13.4. The lowest BCUT2D eigenvalue weighted by molar-refractivity contribution is -0.118. The summed E-state index contributed by atoms with van der Waals surface area (Å²) in [5.41, 5.74) is 11.1. The minimum Gasteiger partial charge on any atom is -0.508 e. The minimum absolute atomic E-state index is 0.0335. The molecule has 0 radical (unpaired) electrons. The van der Waals surface area contributed by atoms with E-state index in [9.17, 15) is 20.0 Å². The molecule has 0 fully saturated rings. The second kappa shape index (κ2) is 8.30. The van der Waals surface area contributed by atoms with Crippen molar-refractivity contribution >= 4 is 23.3 Å². The lowest BCUT2D eigenvalue weighted by Gasteiger charge is -2.43. The quantitative estimate of drug-likeness (QED) is 0.631. The fourth-order valence-corrected chi connectivity index (χ4v) is 4.53. The molecule has 2 aromatic carbocycles. The highest BCUT2D eigenvalue weighted by Gasteiger charge is 2.44. The number of carbonyl (C=O) groups excluding carboxylic acids is 2. The van der Waals surface area contributed by atoms with E-state index in [2.05, 4.69) is 11.5 Å². The number of phenols is 1. The van der Waals surface area contributed by atoms with Gasteiger partial charge in [-0.2, -0.15) is 5.26 Å². The Morgan fingerprint density at radius 2 is 1.82 bits per heavy atom. The number of nitriles is 1. The summed E-state index contributed by atoms with van der Waals surface area (Å²) >= 11 is 6.05. The predicted octanol–water partition coefficient (Wildman–Crippen LogP) is 4.13. The van der Waals surface area contributed by atoms with E-state index in [4.69, 9.17) is 17.3 Å². The van der Waals surface area contributed by atoms with Crippen LogP contribution in [0.15, 0.2) is 71.2 Å². The lowest BCUT2D eigenvalue weighted by atomic mass is 9.69. The van der Waals surface area contributed by atoms with Crippen molar-refractivity contribution in [1.82, 2.24) is 10.4 Å². The summed E-state index contributed by atoms with van der Waals surface area (Å²) in [6, 6.07) is 14.9. The van der Waals surface area contributed by atoms with Crippen LogP contribution in [0.3, 0.4) is 0 Å². The number of benzene rings is 2. The Balaban J connectivity index is 1.84. The van der Waals surface area contributed by atoms with Gasteiger partial charge in [0.1, 0.15) is 11.6 Å². The van der Waals surface area contributed by atoms with Gasteiger partial charge >= 0.3 is 0 Å². The molecule has 0 bridgehead atoms. The molecule has 2 aliphatic rings. The first-order valence-electron chi connectivity index (χ1n) is 10.4. The van der Waals surface area contributed by atoms with E-state index in [1.807, 2.05) is 13.8 Å². The fraction of sp³-hybridized carbons (Fsp3) is 0.240. The normalized spacial score (nSPS) is 19.8. The van der Waals surface area contributed by atoms with Gasteiger partial charge in [0, 0.05) is 22.6 Å². The molecule has 1 heterocycles. The molecule has 4 N–H and O–H groups in total. The van der Waals surface area contributed by atoms with E-state index in [1.165, 1.54) is 29.3 Å². The van der Waals surface area contributed by atoms with E-state index in [0.717, 1.165) is 5.56 Å². The molecule has 168 valence electrons. The maximum Gasteiger partial charge on any atom is 0.270 e. The number of ketones is 1. The number of amides is 1. The van der Waals surface area contributed by atoms with Gasteiger partial charge in [0.15, 0.2) is 5.78 Å². The van der Waals surface area contributed by atoms with Gasteiger partial charge in [0.2, 0.25) is 0 Å². The van der Waals surface area contributed by atoms with Crippen LogP contribution in [0, 0.1) is 16.7 Å². The average molecular weight is 463 g/mol. The molecule has 33 heavy (non-hydrogen) atoms. The number of hydrogen-bond acceptors (Lipinski definition) is 6. The number of nitrogens with two attached hydrogens (primary N) is 1. The standard InChI is InChI=1S/C25H23ClN4O3/c1-25(2)11-19-22(20(32)12-25)21(14-3-7-16(26)8-4-14)18(13-27)23(28)30(19)29-24(33)15-5-9-17(31)10-6-15/h3-10,21,31H,11-12,28H2,1-2H3,(H,29,33). The smallest absolute Gasteiger partial charge is 0.270 e. The van der Waals surface area contributed by atoms with Gasteiger partial charge in [-0.3, -0.25) is 15.0 Å². The number of halogens is 1. The molecular formula is C25H23ClN4O3. The van der Waals surface area contributed by atoms with Gasteiger partial charge in [-0.05, 0) is 53.8 Å². The number of carbonyl (C=O) groups is 2. The molecule has 0 aromatic heterocycles. The lowest BCUT2D eigenvalue weighted by Crippen LogP contribution is -2.49. The van der Waals surface area contributed by atoms with Gasteiger partial charge in [-0.1, -0.05) is 37.6 Å². The summed E-state index contributed by atoms with van der Waals surface area (Å²) < 4.78 is 0. The Morgan fingerprint density at radius 1 is 1.18 bits per heavy atom. The Morgan fingerprint density at radius 3 is 2.42 bits per heavy atom. The highest BCUT2D eigenvalue weighted by Crippen LogP contribution is 2.48. The molecule has 7 nitrogen and oxygen atoms in total. The van der Waals surface area contributed by atoms with Gasteiger partial charge in [0.25, 0.3) is 5.91 Å². The van der Waals surface area contributed by atoms with Crippen molar-refractivity contribution in [2.24, 2.45) is 11.1 Å². The summed E-state index contributed by atoms with van der Waals surface area (Å²) in [6.07, 6.45) is 0.793. The van der Waals surface area contributed by atoms with Crippen LogP contribution in [0.5, 0.6) is 5.75 Å². The molecule has 1 atom stereocenters. The summed E-state index contributed by atoms with van der Waals surface area (Å²) in [4.78, 5) is 26.3. The second-order valence-corrected chi connectivity index (χ2v) is 9.46. The van der Waals surface area contributed by atoms with Crippen molar-refractivity contribution in [2.75, 3.05) is 0 Å². The maximum atomic E-state index is 13.4. The first kappa shape index (κ1) is 22.4. The zero-order valence-corrected chi connectivity index (χ0v) is 19.0. The van der Waals surface area contributed by atoms with Crippen LogP contribution < -0.4 is 11.2 Å². The number of aromatic hydroxyl groups is 1. The SMILES string of the molecule is CC1(C)CC(=O)C2=C(C1)N(NC(=O)c1ccc(O)cc1)C(N)=C(C#N)C2c1ccc(Cl)cc1. The highest BCUT2D eigenvalue weighted by atomic mass is 35.5. The van der Waals surface area contributed by atoms with Crippen LogP contribution in [0.2, 0.25) is 5.02 Å². The molecule has 1 aliphatic carbocycles. The van der Waals surface area contributed by atoms with Gasteiger partial charge < -0.3 is 10.8 Å². The third-order valence-corrected chi connectivity index (χ3v) is 6.18. The number of hydrazine groups is 1. The van der Waals surface area contributed by atoms with Crippen molar-refractivity contribution in [3.05, 3.63) is 87.3 Å².